The maximum atomic E-state index is 14.4. The molecule has 3 aliphatic carbocycles. The maximum absolute atomic E-state index is 14.4. The van der Waals surface area contributed by atoms with Crippen LogP contribution in [0.3, 0.4) is 0 Å². The van der Waals surface area contributed by atoms with E-state index in [1.54, 1.807) is 66.7 Å². The van der Waals surface area contributed by atoms with Crippen molar-refractivity contribution in [3.8, 4) is 0 Å². The Labute approximate surface area is 358 Å². The summed E-state index contributed by atoms with van der Waals surface area (Å²) in [5, 5.41) is 61.3. The van der Waals surface area contributed by atoms with Gasteiger partial charge in [-0.3, -0.25) is 4.79 Å². The summed E-state index contributed by atoms with van der Waals surface area (Å²) in [5.41, 5.74) is -7.31. The van der Waals surface area contributed by atoms with Gasteiger partial charge in [0.2, 0.25) is 0 Å². The molecule has 14 atom stereocenters. The van der Waals surface area contributed by atoms with Crippen LogP contribution in [-0.2, 0) is 42.7 Å². The number of ether oxygens (including phenoxy) is 7. The summed E-state index contributed by atoms with van der Waals surface area (Å²) in [6.07, 6.45) is -13.4. The first-order valence-corrected chi connectivity index (χ1v) is 20.7. The molecule has 5 aliphatic rings. The van der Waals surface area contributed by atoms with Crippen molar-refractivity contribution in [3.05, 3.63) is 71.2 Å². The number of esters is 3. The Kier molecular flexibility index (Phi) is 12.0. The number of benzene rings is 1. The van der Waals surface area contributed by atoms with Gasteiger partial charge in [-0.1, -0.05) is 39.0 Å². The second kappa shape index (κ2) is 16.3. The molecule has 6 N–H and O–H groups in total. The highest BCUT2D eigenvalue weighted by atomic mass is 16.7. The Morgan fingerprint density at radius 3 is 2.27 bits per heavy atom. The predicted molar refractivity (Wildman–Crippen MR) is 211 cm³/mol. The van der Waals surface area contributed by atoms with Gasteiger partial charge >= 0.3 is 24.0 Å². The van der Waals surface area contributed by atoms with E-state index in [2.05, 4.69) is 5.32 Å². The third-order valence-corrected chi connectivity index (χ3v) is 13.5. The van der Waals surface area contributed by atoms with E-state index >= 15 is 0 Å². The average Bonchev–Trinajstić information content (AvgIpc) is 3.89. The van der Waals surface area contributed by atoms with Crippen LogP contribution in [0.2, 0.25) is 0 Å². The molecule has 2 aromatic rings. The molecule has 3 heterocycles. The second-order valence-electron chi connectivity index (χ2n) is 18.7. The number of carbonyl (C=O) groups is 4. The lowest BCUT2D eigenvalue weighted by molar-refractivity contribution is -0.362. The number of carbonyl (C=O) groups excluding carboxylic acids is 4. The smallest absolute Gasteiger partial charge is 0.408 e. The van der Waals surface area contributed by atoms with Gasteiger partial charge in [0, 0.05) is 30.6 Å². The van der Waals surface area contributed by atoms with E-state index in [1.165, 1.54) is 37.5 Å². The summed E-state index contributed by atoms with van der Waals surface area (Å²) in [6, 6.07) is 9.39. The van der Waals surface area contributed by atoms with Gasteiger partial charge < -0.3 is 68.4 Å². The van der Waals surface area contributed by atoms with E-state index < -0.39 is 132 Å². The molecule has 1 aromatic heterocycles. The number of aliphatic hydroxyl groups excluding tert-OH is 4. The zero-order chi connectivity index (χ0) is 45.3. The van der Waals surface area contributed by atoms with Crippen molar-refractivity contribution in [2.75, 3.05) is 13.2 Å². The highest BCUT2D eigenvalue weighted by molar-refractivity contribution is 5.89. The van der Waals surface area contributed by atoms with Gasteiger partial charge in [-0.2, -0.15) is 0 Å². The van der Waals surface area contributed by atoms with E-state index in [4.69, 9.17) is 37.6 Å². The van der Waals surface area contributed by atoms with Crippen LogP contribution in [0.5, 0.6) is 0 Å². The Morgan fingerprint density at radius 1 is 1.00 bits per heavy atom. The van der Waals surface area contributed by atoms with Gasteiger partial charge in [0.05, 0.1) is 43.2 Å². The minimum Gasteiger partial charge on any atom is -0.467 e. The first-order chi connectivity index (χ1) is 29.0. The molecule has 1 amide bonds. The fraction of sp³-hybridized carbons (Fsp3) is 0.636. The Hall–Kier alpha value is -4.40. The lowest BCUT2D eigenvalue weighted by Gasteiger charge is -2.68. The van der Waals surface area contributed by atoms with E-state index in [9.17, 15) is 44.7 Å². The quantitative estimate of drug-likeness (QED) is 0.114. The fourth-order valence-corrected chi connectivity index (χ4v) is 10.4. The molecule has 0 radical (unpaired) electrons. The van der Waals surface area contributed by atoms with Crippen LogP contribution in [0.25, 0.3) is 0 Å². The van der Waals surface area contributed by atoms with Crippen molar-refractivity contribution in [2.45, 2.75) is 146 Å². The average molecular weight is 872 g/mol. The summed E-state index contributed by atoms with van der Waals surface area (Å²) in [4.78, 5) is 54.6. The highest BCUT2D eigenvalue weighted by Gasteiger charge is 2.79. The largest absolute Gasteiger partial charge is 0.467 e. The number of rotatable bonds is 10. The number of fused-ring (bicyclic) bond motifs is 8. The molecular weight excluding hydrogens is 814 g/mol. The maximum Gasteiger partial charge on any atom is 0.408 e. The molecule has 1 aromatic carbocycles. The van der Waals surface area contributed by atoms with Crippen LogP contribution < -0.4 is 5.32 Å². The van der Waals surface area contributed by atoms with Crippen molar-refractivity contribution in [2.24, 2.45) is 16.7 Å². The Morgan fingerprint density at radius 2 is 1.69 bits per heavy atom. The molecule has 4 fully saturated rings. The van der Waals surface area contributed by atoms with Crippen LogP contribution >= 0.6 is 0 Å². The van der Waals surface area contributed by atoms with Gasteiger partial charge in [-0.25, -0.2) is 14.4 Å². The van der Waals surface area contributed by atoms with Crippen molar-refractivity contribution in [1.82, 2.24) is 5.32 Å². The van der Waals surface area contributed by atoms with Crippen LogP contribution in [0.1, 0.15) is 90.4 Å². The number of aliphatic hydroxyl groups is 5. The lowest BCUT2D eigenvalue weighted by Crippen LogP contribution is -2.82. The van der Waals surface area contributed by atoms with Gasteiger partial charge in [-0.05, 0) is 63.1 Å². The first kappa shape index (κ1) is 45.6. The van der Waals surface area contributed by atoms with Gasteiger partial charge in [-0.15, -0.1) is 0 Å². The summed E-state index contributed by atoms with van der Waals surface area (Å²) in [6.45, 7) is 11.7. The Bertz CT molecular complexity index is 2050. The molecule has 340 valence electrons. The molecule has 18 nitrogen and oxygen atoms in total. The van der Waals surface area contributed by atoms with Crippen LogP contribution in [0, 0.1) is 16.7 Å². The first-order valence-electron chi connectivity index (χ1n) is 20.7. The van der Waals surface area contributed by atoms with E-state index in [1.807, 2.05) is 0 Å². The normalized spacial score (nSPS) is 36.1. The van der Waals surface area contributed by atoms with Crippen molar-refractivity contribution < 1.29 is 82.3 Å². The lowest BCUT2D eigenvalue weighted by atomic mass is 9.44. The van der Waals surface area contributed by atoms with E-state index in [0.29, 0.717) is 5.57 Å². The van der Waals surface area contributed by atoms with Crippen LogP contribution in [-0.4, -0.2) is 135 Å². The van der Waals surface area contributed by atoms with Crippen molar-refractivity contribution in [3.63, 3.8) is 0 Å². The Balaban J connectivity index is 1.40. The second-order valence-corrected chi connectivity index (χ2v) is 18.7. The topological polar surface area (TPSA) is 259 Å². The SMILES string of the molecule is CC(=O)O[C@@]12CO[C@@H]1C[C@H](O)[C@@]1(C)[C@@H]3OC(C(O)CO)O[C@@H]3C3=C(C)[C@@H](OC(=O)[C@H](O)[C@@H](NC(=O)OC(C)(C)C)c4ccco4)C[C@@](O)([C@@H](OC(=O)c4ccccc4)[C@H]21)C3(C)C. The molecule has 2 unspecified atom stereocenters. The van der Waals surface area contributed by atoms with E-state index in [0.717, 1.165) is 0 Å². The molecular formula is C44H57NO17. The van der Waals surface area contributed by atoms with Crippen LogP contribution in [0.15, 0.2) is 64.3 Å². The summed E-state index contributed by atoms with van der Waals surface area (Å²) < 4.78 is 48.6. The standard InChI is InChI=1S/C44H57NO17/c1-21-26(57-37(52)31(50)30(25-15-12-16-55-25)45-39(53)62-40(3,4)5)18-44(54)35(59-36(51)23-13-10-9-11-14-23)33-42(8,27(49)17-28-43(33,20-56-28)61-22(2)47)34-32(29(21)41(44,6)7)58-38(60-34)24(48)19-46/h9-16,24,26-28,30-35,38,46,48-50,54H,17-20H2,1-8H3,(H,45,53)/t24?,26-,27-,28+,30-,31+,32+,33-,34+,35-,38?,42+,43-,44+/m0/s1. The summed E-state index contributed by atoms with van der Waals surface area (Å²) >= 11 is 0. The molecule has 2 saturated carbocycles. The minimum atomic E-state index is -2.30. The summed E-state index contributed by atoms with van der Waals surface area (Å²) in [5.74, 6) is -4.20. The van der Waals surface area contributed by atoms with Gasteiger partial charge in [0.15, 0.2) is 18.0 Å². The van der Waals surface area contributed by atoms with Crippen LogP contribution in [0.4, 0.5) is 4.79 Å². The number of hydrogen-bond donors (Lipinski definition) is 6. The molecule has 2 aliphatic heterocycles. The number of alkyl carbamates (subject to hydrolysis) is 1. The number of hydrogen-bond acceptors (Lipinski definition) is 17. The van der Waals surface area contributed by atoms with Crippen molar-refractivity contribution in [1.29, 1.82) is 0 Å². The van der Waals surface area contributed by atoms with Gasteiger partial charge in [0.1, 0.15) is 53.5 Å². The zero-order valence-corrected chi connectivity index (χ0v) is 35.9. The highest BCUT2D eigenvalue weighted by Crippen LogP contribution is 2.67. The molecule has 7 rings (SSSR count). The molecule has 2 saturated heterocycles. The zero-order valence-electron chi connectivity index (χ0n) is 35.9. The molecule has 18 heteroatoms. The number of nitrogens with one attached hydrogen (secondary N) is 1. The monoisotopic (exact) mass is 871 g/mol. The fourth-order valence-electron chi connectivity index (χ4n) is 10.4. The molecule has 62 heavy (non-hydrogen) atoms. The predicted octanol–water partition coefficient (Wildman–Crippen LogP) is 2.39. The third kappa shape index (κ3) is 7.51. The van der Waals surface area contributed by atoms with Crippen molar-refractivity contribution >= 4 is 24.0 Å². The third-order valence-electron chi connectivity index (χ3n) is 13.5. The van der Waals surface area contributed by atoms with Gasteiger partial charge in [0.25, 0.3) is 0 Å². The van der Waals surface area contributed by atoms with E-state index in [-0.39, 0.29) is 29.9 Å². The number of amides is 1. The minimum absolute atomic E-state index is 0.00662. The molecule has 2 bridgehead atoms. The molecule has 0 spiro atoms. The summed E-state index contributed by atoms with van der Waals surface area (Å²) in [7, 11) is 0. The number of furan rings is 1.